The van der Waals surface area contributed by atoms with Gasteiger partial charge in [0.15, 0.2) is 0 Å². The van der Waals surface area contributed by atoms with Gasteiger partial charge >= 0.3 is 4.87 Å². The second-order valence-electron chi connectivity index (χ2n) is 3.75. The van der Waals surface area contributed by atoms with E-state index in [0.29, 0.717) is 0 Å². The summed E-state index contributed by atoms with van der Waals surface area (Å²) < 4.78 is 5.54. The molecule has 16 heavy (non-hydrogen) atoms. The molecule has 0 aliphatic heterocycles. The van der Waals surface area contributed by atoms with E-state index in [0.717, 1.165) is 17.0 Å². The Balaban J connectivity index is 2.22. The van der Waals surface area contributed by atoms with E-state index in [-0.39, 0.29) is 11.0 Å². The highest BCUT2D eigenvalue weighted by Crippen LogP contribution is 2.21. The maximum absolute atomic E-state index is 11.0. The monoisotopic (exact) mass is 235 g/mol. The molecule has 0 aliphatic carbocycles. The predicted octanol–water partition coefficient (Wildman–Crippen LogP) is 2.89. The van der Waals surface area contributed by atoms with Crippen molar-refractivity contribution < 1.29 is 4.74 Å². The lowest BCUT2D eigenvalue weighted by Gasteiger charge is -2.09. The fourth-order valence-corrected chi connectivity index (χ4v) is 2.00. The smallest absolute Gasteiger partial charge is 0.304 e. The summed E-state index contributed by atoms with van der Waals surface area (Å²) in [5.74, 6) is 0.844. The molecule has 0 bridgehead atoms. The highest BCUT2D eigenvalue weighted by atomic mass is 32.1. The summed E-state index contributed by atoms with van der Waals surface area (Å²) >= 11 is 1.17. The molecule has 1 aromatic heterocycles. The molecule has 0 atom stereocenters. The van der Waals surface area contributed by atoms with Gasteiger partial charge in [0.05, 0.1) is 11.8 Å². The maximum atomic E-state index is 11.0. The molecular weight excluding hydrogens is 222 g/mol. The predicted molar refractivity (Wildman–Crippen MR) is 66.1 cm³/mol. The van der Waals surface area contributed by atoms with Gasteiger partial charge in [0.1, 0.15) is 5.75 Å². The molecular formula is C12H13NO2S. The number of aromatic amines is 1. The minimum absolute atomic E-state index is 0.0301. The number of thiazole rings is 1. The van der Waals surface area contributed by atoms with Crippen LogP contribution in [0.3, 0.4) is 0 Å². The van der Waals surface area contributed by atoms with E-state index < -0.39 is 0 Å². The van der Waals surface area contributed by atoms with Crippen molar-refractivity contribution in [1.29, 1.82) is 0 Å². The molecule has 2 rings (SSSR count). The normalized spacial score (nSPS) is 10.7. The van der Waals surface area contributed by atoms with Crippen LogP contribution >= 0.6 is 11.3 Å². The third kappa shape index (κ3) is 2.52. The van der Waals surface area contributed by atoms with Gasteiger partial charge in [-0.25, -0.2) is 0 Å². The summed E-state index contributed by atoms with van der Waals surface area (Å²) in [6.07, 6.45) is 0.173. The van der Waals surface area contributed by atoms with Gasteiger partial charge in [-0.3, -0.25) is 4.79 Å². The van der Waals surface area contributed by atoms with E-state index in [2.05, 4.69) is 4.98 Å². The lowest BCUT2D eigenvalue weighted by Crippen LogP contribution is -2.05. The van der Waals surface area contributed by atoms with Crippen molar-refractivity contribution in [2.75, 3.05) is 0 Å². The molecule has 0 saturated heterocycles. The fraction of sp³-hybridized carbons (Fsp3) is 0.250. The number of hydrogen-bond donors (Lipinski definition) is 1. The van der Waals surface area contributed by atoms with E-state index in [1.54, 1.807) is 0 Å². The minimum atomic E-state index is -0.0301. The standard InChI is InChI=1S/C12H13NO2S/c1-8(2)15-10-5-3-9(4-6-10)11-7-16-12(14)13-11/h3-8H,1-2H3,(H,13,14). The van der Waals surface area contributed by atoms with E-state index >= 15 is 0 Å². The molecule has 1 N–H and O–H groups in total. The van der Waals surface area contributed by atoms with Crippen LogP contribution in [0.2, 0.25) is 0 Å². The Hall–Kier alpha value is -1.55. The van der Waals surface area contributed by atoms with Crippen LogP contribution in [0, 0.1) is 0 Å². The van der Waals surface area contributed by atoms with Crippen LogP contribution in [0.25, 0.3) is 11.3 Å². The summed E-state index contributed by atoms with van der Waals surface area (Å²) in [5.41, 5.74) is 1.85. The molecule has 0 aliphatic rings. The van der Waals surface area contributed by atoms with Crippen LogP contribution in [0.5, 0.6) is 5.75 Å². The number of ether oxygens (including phenoxy) is 1. The Morgan fingerprint density at radius 2 is 1.94 bits per heavy atom. The van der Waals surface area contributed by atoms with Crippen LogP contribution in [0.15, 0.2) is 34.4 Å². The second kappa shape index (κ2) is 4.53. The average Bonchev–Trinajstić information content (AvgIpc) is 2.65. The van der Waals surface area contributed by atoms with E-state index in [1.165, 1.54) is 11.3 Å². The molecule has 0 amide bonds. The Morgan fingerprint density at radius 1 is 1.25 bits per heavy atom. The number of hydrogen-bond acceptors (Lipinski definition) is 3. The third-order valence-corrected chi connectivity index (χ3v) is 2.73. The molecule has 0 unspecified atom stereocenters. The van der Waals surface area contributed by atoms with Crippen molar-refractivity contribution in [2.45, 2.75) is 20.0 Å². The summed E-state index contributed by atoms with van der Waals surface area (Å²) in [6, 6.07) is 7.70. The second-order valence-corrected chi connectivity index (χ2v) is 4.60. The Labute approximate surface area is 97.7 Å². The molecule has 1 aromatic carbocycles. The quantitative estimate of drug-likeness (QED) is 0.888. The highest BCUT2D eigenvalue weighted by Gasteiger charge is 2.02. The first-order valence-electron chi connectivity index (χ1n) is 5.10. The zero-order valence-corrected chi connectivity index (χ0v) is 10.0. The first-order chi connectivity index (χ1) is 7.65. The van der Waals surface area contributed by atoms with E-state index in [4.69, 9.17) is 4.74 Å². The largest absolute Gasteiger partial charge is 0.491 e. The molecule has 84 valence electrons. The van der Waals surface area contributed by atoms with Crippen molar-refractivity contribution in [3.05, 3.63) is 39.3 Å². The Morgan fingerprint density at radius 3 is 2.44 bits per heavy atom. The van der Waals surface area contributed by atoms with Crippen molar-refractivity contribution in [2.24, 2.45) is 0 Å². The SMILES string of the molecule is CC(C)Oc1ccc(-c2csc(=O)[nH]2)cc1. The zero-order chi connectivity index (χ0) is 11.5. The molecule has 4 heteroatoms. The summed E-state index contributed by atoms with van der Waals surface area (Å²) in [6.45, 7) is 3.98. The number of aromatic nitrogens is 1. The van der Waals surface area contributed by atoms with Crippen LogP contribution in [-0.2, 0) is 0 Å². The lowest BCUT2D eigenvalue weighted by atomic mass is 10.2. The molecule has 1 heterocycles. The van der Waals surface area contributed by atoms with Crippen LogP contribution in [-0.4, -0.2) is 11.1 Å². The molecule has 0 spiro atoms. The highest BCUT2D eigenvalue weighted by molar-refractivity contribution is 7.07. The Bertz CT molecular complexity index is 510. The van der Waals surface area contributed by atoms with Gasteiger partial charge in [0, 0.05) is 5.38 Å². The Kier molecular flexibility index (Phi) is 3.10. The summed E-state index contributed by atoms with van der Waals surface area (Å²) in [7, 11) is 0. The number of nitrogens with one attached hydrogen (secondary N) is 1. The van der Waals surface area contributed by atoms with Gasteiger partial charge in [0.25, 0.3) is 0 Å². The van der Waals surface area contributed by atoms with Gasteiger partial charge < -0.3 is 9.72 Å². The van der Waals surface area contributed by atoms with Crippen molar-refractivity contribution in [3.8, 4) is 17.0 Å². The van der Waals surface area contributed by atoms with Gasteiger partial charge in [-0.1, -0.05) is 11.3 Å². The summed E-state index contributed by atoms with van der Waals surface area (Å²) in [5, 5.41) is 1.82. The molecule has 0 radical (unpaired) electrons. The van der Waals surface area contributed by atoms with Gasteiger partial charge in [-0.05, 0) is 43.7 Å². The van der Waals surface area contributed by atoms with E-state index in [9.17, 15) is 4.79 Å². The first kappa shape index (κ1) is 11.0. The number of rotatable bonds is 3. The lowest BCUT2D eigenvalue weighted by molar-refractivity contribution is 0.242. The third-order valence-electron chi connectivity index (χ3n) is 2.06. The molecule has 0 saturated carbocycles. The van der Waals surface area contributed by atoms with Crippen molar-refractivity contribution >= 4 is 11.3 Å². The van der Waals surface area contributed by atoms with Crippen molar-refractivity contribution in [1.82, 2.24) is 4.98 Å². The average molecular weight is 235 g/mol. The molecule has 0 fully saturated rings. The first-order valence-corrected chi connectivity index (χ1v) is 5.98. The fourth-order valence-electron chi connectivity index (χ4n) is 1.41. The molecule has 3 nitrogen and oxygen atoms in total. The van der Waals surface area contributed by atoms with Gasteiger partial charge in [0.2, 0.25) is 0 Å². The van der Waals surface area contributed by atoms with Crippen LogP contribution < -0.4 is 9.61 Å². The van der Waals surface area contributed by atoms with Crippen molar-refractivity contribution in [3.63, 3.8) is 0 Å². The number of H-pyrrole nitrogens is 1. The van der Waals surface area contributed by atoms with E-state index in [1.807, 2.05) is 43.5 Å². The molecule has 2 aromatic rings. The summed E-state index contributed by atoms with van der Waals surface area (Å²) in [4.78, 5) is 13.8. The van der Waals surface area contributed by atoms with Crippen LogP contribution in [0.1, 0.15) is 13.8 Å². The zero-order valence-electron chi connectivity index (χ0n) is 9.19. The van der Waals surface area contributed by atoms with Gasteiger partial charge in [-0.15, -0.1) is 0 Å². The topological polar surface area (TPSA) is 42.1 Å². The maximum Gasteiger partial charge on any atom is 0.304 e. The minimum Gasteiger partial charge on any atom is -0.491 e. The van der Waals surface area contributed by atoms with Crippen LogP contribution in [0.4, 0.5) is 0 Å². The van der Waals surface area contributed by atoms with Gasteiger partial charge in [-0.2, -0.15) is 0 Å². The number of benzene rings is 1.